The molecule has 0 saturated carbocycles. The highest BCUT2D eigenvalue weighted by atomic mass is 16.7. The minimum absolute atomic E-state index is 0.0964. The molecule has 5 nitrogen and oxygen atoms in total. The second-order valence-electron chi connectivity index (χ2n) is 4.82. The minimum Gasteiger partial charge on any atom is -0.311 e. The van der Waals surface area contributed by atoms with Gasteiger partial charge >= 0.3 is 6.03 Å². The van der Waals surface area contributed by atoms with E-state index in [-0.39, 0.29) is 18.2 Å². The maximum Gasteiger partial charge on any atom is 0.345 e. The molecule has 96 valence electrons. The van der Waals surface area contributed by atoms with Gasteiger partial charge in [0.2, 0.25) is 0 Å². The van der Waals surface area contributed by atoms with E-state index < -0.39 is 0 Å². The summed E-state index contributed by atoms with van der Waals surface area (Å²) in [5.41, 5.74) is 6.96. The van der Waals surface area contributed by atoms with Gasteiger partial charge in [-0.05, 0) is 18.4 Å². The van der Waals surface area contributed by atoms with Gasteiger partial charge in [-0.25, -0.2) is 4.79 Å². The van der Waals surface area contributed by atoms with Crippen LogP contribution in [0.3, 0.4) is 0 Å². The molecule has 2 bridgehead atoms. The van der Waals surface area contributed by atoms with Gasteiger partial charge < -0.3 is 10.6 Å². The number of hydrogen-bond acceptors (Lipinski definition) is 3. The zero-order valence-electron chi connectivity index (χ0n) is 10.2. The zero-order valence-corrected chi connectivity index (χ0v) is 10.2. The standard InChI is InChI=1S/C13H17N3O2/c14-12-7-6-11-8-15(12)13(17)16(11)18-9-10-4-2-1-3-5-10/h1-5,11-12H,6-9,14H2/t11-,12+/m1/s1. The van der Waals surface area contributed by atoms with Crippen molar-refractivity contribution in [2.24, 2.45) is 5.73 Å². The third-order valence-electron chi connectivity index (χ3n) is 3.58. The lowest BCUT2D eigenvalue weighted by Gasteiger charge is -2.26. The first-order valence-corrected chi connectivity index (χ1v) is 6.28. The van der Waals surface area contributed by atoms with E-state index in [1.54, 1.807) is 4.90 Å². The molecule has 2 aliphatic heterocycles. The van der Waals surface area contributed by atoms with Crippen LogP contribution in [-0.4, -0.2) is 34.7 Å². The largest absolute Gasteiger partial charge is 0.345 e. The third-order valence-corrected chi connectivity index (χ3v) is 3.58. The molecule has 3 rings (SSSR count). The number of benzene rings is 1. The van der Waals surface area contributed by atoms with E-state index in [4.69, 9.17) is 10.6 Å². The highest BCUT2D eigenvalue weighted by Gasteiger charge is 2.44. The van der Waals surface area contributed by atoms with E-state index >= 15 is 0 Å². The van der Waals surface area contributed by atoms with Crippen LogP contribution in [0.25, 0.3) is 0 Å². The number of piperidine rings is 1. The quantitative estimate of drug-likeness (QED) is 0.876. The maximum atomic E-state index is 12.1. The van der Waals surface area contributed by atoms with Gasteiger partial charge in [-0.1, -0.05) is 30.3 Å². The van der Waals surface area contributed by atoms with Gasteiger partial charge in [0.25, 0.3) is 0 Å². The van der Waals surface area contributed by atoms with Crippen molar-refractivity contribution in [2.75, 3.05) is 6.54 Å². The number of hydroxylamine groups is 2. The normalized spacial score (nSPS) is 26.8. The van der Waals surface area contributed by atoms with Crippen LogP contribution >= 0.6 is 0 Å². The van der Waals surface area contributed by atoms with Crippen molar-refractivity contribution in [1.82, 2.24) is 9.96 Å². The van der Waals surface area contributed by atoms with Crippen LogP contribution in [-0.2, 0) is 11.4 Å². The Bertz CT molecular complexity index is 437. The number of rotatable bonds is 3. The molecule has 2 fully saturated rings. The molecule has 0 unspecified atom stereocenters. The van der Waals surface area contributed by atoms with Crippen LogP contribution in [0.4, 0.5) is 4.79 Å². The Balaban J connectivity index is 1.65. The van der Waals surface area contributed by atoms with Crippen molar-refractivity contribution in [2.45, 2.75) is 31.7 Å². The number of hydrogen-bond donors (Lipinski definition) is 1. The van der Waals surface area contributed by atoms with Crippen LogP contribution in [0.15, 0.2) is 30.3 Å². The molecule has 2 saturated heterocycles. The molecule has 1 aromatic carbocycles. The van der Waals surface area contributed by atoms with Crippen molar-refractivity contribution >= 4 is 6.03 Å². The molecule has 1 aromatic rings. The molecular formula is C13H17N3O2. The molecular weight excluding hydrogens is 230 g/mol. The molecule has 0 aromatic heterocycles. The molecule has 0 aliphatic carbocycles. The molecule has 2 aliphatic rings. The van der Waals surface area contributed by atoms with E-state index in [1.165, 1.54) is 5.06 Å². The van der Waals surface area contributed by atoms with E-state index in [0.29, 0.717) is 13.2 Å². The molecule has 2 amide bonds. The Morgan fingerprint density at radius 1 is 1.28 bits per heavy atom. The first-order chi connectivity index (χ1) is 8.75. The summed E-state index contributed by atoms with van der Waals surface area (Å²) >= 11 is 0. The van der Waals surface area contributed by atoms with Gasteiger partial charge in [-0.3, -0.25) is 4.84 Å². The van der Waals surface area contributed by atoms with E-state index in [2.05, 4.69) is 0 Å². The summed E-state index contributed by atoms with van der Waals surface area (Å²) in [6, 6.07) is 9.91. The van der Waals surface area contributed by atoms with Gasteiger partial charge in [0, 0.05) is 6.54 Å². The summed E-state index contributed by atoms with van der Waals surface area (Å²) in [4.78, 5) is 19.4. The van der Waals surface area contributed by atoms with Crippen LogP contribution in [0.5, 0.6) is 0 Å². The summed E-state index contributed by atoms with van der Waals surface area (Å²) < 4.78 is 0. The van der Waals surface area contributed by atoms with Gasteiger partial charge in [0.05, 0.1) is 12.2 Å². The van der Waals surface area contributed by atoms with Crippen molar-refractivity contribution in [3.63, 3.8) is 0 Å². The second kappa shape index (κ2) is 4.59. The molecule has 0 radical (unpaired) electrons. The first kappa shape index (κ1) is 11.5. The lowest BCUT2D eigenvalue weighted by molar-refractivity contribution is -0.140. The summed E-state index contributed by atoms with van der Waals surface area (Å²) in [5.74, 6) is 0. The van der Waals surface area contributed by atoms with Crippen LogP contribution in [0.1, 0.15) is 18.4 Å². The van der Waals surface area contributed by atoms with Crippen molar-refractivity contribution in [3.05, 3.63) is 35.9 Å². The fourth-order valence-corrected chi connectivity index (χ4v) is 2.55. The number of urea groups is 1. The molecule has 18 heavy (non-hydrogen) atoms. The second-order valence-corrected chi connectivity index (χ2v) is 4.82. The Kier molecular flexibility index (Phi) is 2.93. The third kappa shape index (κ3) is 1.95. The summed E-state index contributed by atoms with van der Waals surface area (Å²) in [5, 5.41) is 1.50. The van der Waals surface area contributed by atoms with E-state index in [1.807, 2.05) is 30.3 Å². The van der Waals surface area contributed by atoms with Gasteiger partial charge in [-0.15, -0.1) is 0 Å². The molecule has 2 N–H and O–H groups in total. The lowest BCUT2D eigenvalue weighted by Crippen LogP contribution is -2.45. The number of nitrogens with zero attached hydrogens (tertiary/aromatic N) is 2. The molecule has 5 heteroatoms. The first-order valence-electron chi connectivity index (χ1n) is 6.28. The van der Waals surface area contributed by atoms with Crippen molar-refractivity contribution in [1.29, 1.82) is 0 Å². The molecule has 2 heterocycles. The highest BCUT2D eigenvalue weighted by molar-refractivity contribution is 5.76. The monoisotopic (exact) mass is 247 g/mol. The Morgan fingerprint density at radius 2 is 2.06 bits per heavy atom. The topological polar surface area (TPSA) is 58.8 Å². The Labute approximate surface area is 106 Å². The van der Waals surface area contributed by atoms with E-state index in [0.717, 1.165) is 18.4 Å². The SMILES string of the molecule is N[C@@H]1CC[C@@H]2CN1C(=O)N2OCc1ccccc1. The van der Waals surface area contributed by atoms with Crippen LogP contribution < -0.4 is 5.73 Å². The van der Waals surface area contributed by atoms with Gasteiger partial charge in [0.15, 0.2) is 0 Å². The average Bonchev–Trinajstić information content (AvgIpc) is 2.67. The minimum atomic E-state index is -0.154. The fourth-order valence-electron chi connectivity index (χ4n) is 2.55. The predicted molar refractivity (Wildman–Crippen MR) is 66.2 cm³/mol. The highest BCUT2D eigenvalue weighted by Crippen LogP contribution is 2.28. The van der Waals surface area contributed by atoms with Gasteiger partial charge in [-0.2, -0.15) is 5.06 Å². The van der Waals surface area contributed by atoms with Crippen LogP contribution in [0.2, 0.25) is 0 Å². The number of carbonyl (C=O) groups is 1. The summed E-state index contributed by atoms with van der Waals surface area (Å²) in [7, 11) is 0. The molecule has 0 spiro atoms. The average molecular weight is 247 g/mol. The smallest absolute Gasteiger partial charge is 0.311 e. The number of carbonyl (C=O) groups excluding carboxylic acids is 1. The number of amides is 2. The fraction of sp³-hybridized carbons (Fsp3) is 0.462. The number of nitrogens with two attached hydrogens (primary N) is 1. The van der Waals surface area contributed by atoms with Gasteiger partial charge in [0.1, 0.15) is 6.61 Å². The predicted octanol–water partition coefficient (Wildman–Crippen LogP) is 1.30. The Morgan fingerprint density at radius 3 is 2.78 bits per heavy atom. The zero-order chi connectivity index (χ0) is 12.5. The van der Waals surface area contributed by atoms with E-state index in [9.17, 15) is 4.79 Å². The number of fused-ring (bicyclic) bond motifs is 2. The molecule has 2 atom stereocenters. The van der Waals surface area contributed by atoms with Crippen molar-refractivity contribution in [3.8, 4) is 0 Å². The maximum absolute atomic E-state index is 12.1. The summed E-state index contributed by atoms with van der Waals surface area (Å²) in [6.07, 6.45) is 1.61. The van der Waals surface area contributed by atoms with Crippen molar-refractivity contribution < 1.29 is 9.63 Å². The lowest BCUT2D eigenvalue weighted by atomic mass is 10.1. The van der Waals surface area contributed by atoms with Crippen LogP contribution in [0, 0.1) is 0 Å². The Hall–Kier alpha value is -1.59. The summed E-state index contributed by atoms with van der Waals surface area (Å²) in [6.45, 7) is 1.11.